The Morgan fingerprint density at radius 3 is 2.21 bits per heavy atom. The van der Waals surface area contributed by atoms with E-state index in [-0.39, 0.29) is 6.61 Å². The fraction of sp³-hybridized carbons (Fsp3) is 0.600. The van der Waals surface area contributed by atoms with Crippen LogP contribution in [0.25, 0.3) is 0 Å². The first kappa shape index (κ1) is 24.8. The molecule has 1 rings (SSSR count). The van der Waals surface area contributed by atoms with Crippen LogP contribution in [0, 0.1) is 5.92 Å². The molecule has 1 aromatic rings. The Labute approximate surface area is 169 Å². The molecule has 0 heterocycles. The molecule has 0 aliphatic rings. The van der Waals surface area contributed by atoms with E-state index in [0.29, 0.717) is 5.56 Å². The van der Waals surface area contributed by atoms with Gasteiger partial charge in [0.05, 0.1) is 6.04 Å². The Kier molecular flexibility index (Phi) is 8.52. The number of carbonyl (C=O) groups excluding carboxylic acids is 2. The maximum Gasteiger partial charge on any atom is 0.407 e. The van der Waals surface area contributed by atoms with E-state index in [0.717, 1.165) is 0 Å². The van der Waals surface area contributed by atoms with E-state index < -0.39 is 47.7 Å². The molecule has 4 N–H and O–H groups in total. The zero-order valence-corrected chi connectivity index (χ0v) is 17.3. The number of amides is 1. The first-order valence-electron chi connectivity index (χ1n) is 9.27. The molecule has 0 aliphatic heterocycles. The predicted octanol–water partition coefficient (Wildman–Crippen LogP) is 2.60. The number of aliphatic hydroxyl groups is 1. The highest BCUT2D eigenvalue weighted by molar-refractivity contribution is 5.77. The van der Waals surface area contributed by atoms with Crippen LogP contribution in [0.2, 0.25) is 0 Å². The number of carbonyl (C=O) groups is 2. The van der Waals surface area contributed by atoms with Gasteiger partial charge in [-0.05, 0) is 32.3 Å². The van der Waals surface area contributed by atoms with E-state index in [1.807, 2.05) is 0 Å². The minimum Gasteiger partial charge on any atom is -0.459 e. The van der Waals surface area contributed by atoms with Gasteiger partial charge in [0.25, 0.3) is 0 Å². The number of nitrogens with one attached hydrogen (secondary N) is 1. The lowest BCUT2D eigenvalue weighted by molar-refractivity contribution is -0.174. The molecule has 0 aromatic heterocycles. The molecule has 3 unspecified atom stereocenters. The molecular weight excluding hydrogens is 386 g/mol. The highest BCUT2D eigenvalue weighted by atomic mass is 19.3. The van der Waals surface area contributed by atoms with Gasteiger partial charge in [-0.15, -0.1) is 0 Å². The van der Waals surface area contributed by atoms with Gasteiger partial charge in [0.1, 0.15) is 18.3 Å². The second-order valence-corrected chi connectivity index (χ2v) is 8.11. The summed E-state index contributed by atoms with van der Waals surface area (Å²) in [5, 5.41) is 12.5. The van der Waals surface area contributed by atoms with Crippen molar-refractivity contribution in [2.75, 3.05) is 0 Å². The molecule has 0 aliphatic carbocycles. The van der Waals surface area contributed by atoms with Crippen LogP contribution in [-0.2, 0) is 20.9 Å². The third-order valence-electron chi connectivity index (χ3n) is 4.03. The topological polar surface area (TPSA) is 111 Å². The van der Waals surface area contributed by atoms with E-state index in [2.05, 4.69) is 5.32 Å². The van der Waals surface area contributed by atoms with Gasteiger partial charge in [0.15, 0.2) is 6.04 Å². The fourth-order valence-corrected chi connectivity index (χ4v) is 2.45. The lowest BCUT2D eigenvalue weighted by Crippen LogP contribution is -2.62. The molecule has 0 spiro atoms. The normalized spacial score (nSPS) is 15.4. The van der Waals surface area contributed by atoms with Gasteiger partial charge >= 0.3 is 18.0 Å². The van der Waals surface area contributed by atoms with Gasteiger partial charge in [0, 0.05) is 0 Å². The van der Waals surface area contributed by atoms with Crippen LogP contribution in [0.4, 0.5) is 13.6 Å². The van der Waals surface area contributed by atoms with E-state index in [1.54, 1.807) is 51.1 Å². The van der Waals surface area contributed by atoms with E-state index in [1.165, 1.54) is 13.8 Å². The van der Waals surface area contributed by atoms with Crippen molar-refractivity contribution in [3.63, 3.8) is 0 Å². The zero-order valence-electron chi connectivity index (χ0n) is 17.3. The molecule has 3 atom stereocenters. The van der Waals surface area contributed by atoms with E-state index in [4.69, 9.17) is 15.2 Å². The lowest BCUT2D eigenvalue weighted by atomic mass is 9.91. The molecule has 0 saturated heterocycles. The summed E-state index contributed by atoms with van der Waals surface area (Å²) in [5.41, 5.74) is 5.15. The van der Waals surface area contributed by atoms with Crippen molar-refractivity contribution in [3.05, 3.63) is 35.9 Å². The number of hydrogen-bond donors (Lipinski definition) is 3. The lowest BCUT2D eigenvalue weighted by Gasteiger charge is -2.35. The van der Waals surface area contributed by atoms with Gasteiger partial charge in [-0.1, -0.05) is 44.2 Å². The summed E-state index contributed by atoms with van der Waals surface area (Å²) >= 11 is 0. The third-order valence-corrected chi connectivity index (χ3v) is 4.03. The maximum absolute atomic E-state index is 14.7. The largest absolute Gasteiger partial charge is 0.459 e. The van der Waals surface area contributed by atoms with Crippen LogP contribution in [0.5, 0.6) is 0 Å². The standard InChI is InChI=1S/C20H30F2N2O5/c1-12(2)14(24-18(27)29-19(3,4)5)16(25)20(21,22)15(23)17(26)28-11-13-9-7-6-8-10-13/h6-10,12,14-16,25H,11,23H2,1-5H3,(H,24,27). The molecule has 0 radical (unpaired) electrons. The number of aliphatic hydroxyl groups excluding tert-OH is 1. The first-order chi connectivity index (χ1) is 13.3. The second kappa shape index (κ2) is 9.98. The molecule has 9 heteroatoms. The molecule has 1 aromatic carbocycles. The smallest absolute Gasteiger partial charge is 0.407 e. The molecule has 0 bridgehead atoms. The summed E-state index contributed by atoms with van der Waals surface area (Å²) in [6.07, 6.45) is -3.40. The molecule has 0 fully saturated rings. The third kappa shape index (κ3) is 7.58. The van der Waals surface area contributed by atoms with Crippen LogP contribution in [0.3, 0.4) is 0 Å². The van der Waals surface area contributed by atoms with Gasteiger partial charge < -0.3 is 25.6 Å². The van der Waals surface area contributed by atoms with Gasteiger partial charge in [-0.2, -0.15) is 0 Å². The van der Waals surface area contributed by atoms with Crippen LogP contribution < -0.4 is 11.1 Å². The van der Waals surface area contributed by atoms with Crippen molar-refractivity contribution >= 4 is 12.1 Å². The molecule has 1 amide bonds. The summed E-state index contributed by atoms with van der Waals surface area (Å²) in [6, 6.07) is 4.66. The average Bonchev–Trinajstić information content (AvgIpc) is 2.62. The highest BCUT2D eigenvalue weighted by Crippen LogP contribution is 2.28. The molecule has 7 nitrogen and oxygen atoms in total. The maximum atomic E-state index is 14.7. The molecule has 29 heavy (non-hydrogen) atoms. The van der Waals surface area contributed by atoms with Crippen LogP contribution >= 0.6 is 0 Å². The highest BCUT2D eigenvalue weighted by Gasteiger charge is 2.53. The minimum absolute atomic E-state index is 0.233. The van der Waals surface area contributed by atoms with Crippen molar-refractivity contribution < 1.29 is 33.0 Å². The van der Waals surface area contributed by atoms with Crippen molar-refractivity contribution in [2.24, 2.45) is 11.7 Å². The molecule has 0 saturated carbocycles. The second-order valence-electron chi connectivity index (χ2n) is 8.11. The van der Waals surface area contributed by atoms with Crippen LogP contribution in [0.1, 0.15) is 40.2 Å². The number of benzene rings is 1. The number of esters is 1. The first-order valence-corrected chi connectivity index (χ1v) is 9.27. The Morgan fingerprint density at radius 1 is 1.17 bits per heavy atom. The number of rotatable bonds is 8. The van der Waals surface area contributed by atoms with E-state index >= 15 is 0 Å². The predicted molar refractivity (Wildman–Crippen MR) is 103 cm³/mol. The van der Waals surface area contributed by atoms with Gasteiger partial charge in [-0.3, -0.25) is 4.79 Å². The number of halogens is 2. The summed E-state index contributed by atoms with van der Waals surface area (Å²) < 4.78 is 39.3. The fourth-order valence-electron chi connectivity index (χ4n) is 2.45. The van der Waals surface area contributed by atoms with Crippen molar-refractivity contribution in [3.8, 4) is 0 Å². The Balaban J connectivity index is 2.83. The van der Waals surface area contributed by atoms with Crippen molar-refractivity contribution in [2.45, 2.75) is 70.9 Å². The molecular formula is C20H30F2N2O5. The number of hydrogen-bond acceptors (Lipinski definition) is 6. The van der Waals surface area contributed by atoms with Crippen LogP contribution in [-0.4, -0.2) is 46.9 Å². The summed E-state index contributed by atoms with van der Waals surface area (Å²) in [5.74, 6) is -6.02. The minimum atomic E-state index is -4.06. The SMILES string of the molecule is CC(C)C(NC(=O)OC(C)(C)C)C(O)C(F)(F)C(N)C(=O)OCc1ccccc1. The number of alkyl carbamates (subject to hydrolysis) is 1. The Morgan fingerprint density at radius 2 is 1.72 bits per heavy atom. The Bertz CT molecular complexity index is 677. The zero-order chi connectivity index (χ0) is 22.4. The summed E-state index contributed by atoms with van der Waals surface area (Å²) in [4.78, 5) is 24.0. The van der Waals surface area contributed by atoms with Crippen molar-refractivity contribution in [1.82, 2.24) is 5.32 Å². The average molecular weight is 416 g/mol. The van der Waals surface area contributed by atoms with E-state index in [9.17, 15) is 23.5 Å². The molecule has 164 valence electrons. The summed E-state index contributed by atoms with van der Waals surface area (Å²) in [6.45, 7) is 7.66. The Hall–Kier alpha value is -2.26. The number of nitrogens with two attached hydrogens (primary N) is 1. The van der Waals surface area contributed by atoms with Crippen LogP contribution in [0.15, 0.2) is 30.3 Å². The van der Waals surface area contributed by atoms with Gasteiger partial charge in [-0.25, -0.2) is 13.6 Å². The van der Waals surface area contributed by atoms with Gasteiger partial charge in [0.2, 0.25) is 0 Å². The quantitative estimate of drug-likeness (QED) is 0.562. The number of alkyl halides is 2. The number of ether oxygens (including phenoxy) is 2. The monoisotopic (exact) mass is 416 g/mol. The van der Waals surface area contributed by atoms with Crippen molar-refractivity contribution in [1.29, 1.82) is 0 Å². The summed E-state index contributed by atoms with van der Waals surface area (Å²) in [7, 11) is 0.